The summed E-state index contributed by atoms with van der Waals surface area (Å²) in [5.41, 5.74) is 0.634. The van der Waals surface area contributed by atoms with E-state index in [4.69, 9.17) is 0 Å². The van der Waals surface area contributed by atoms with Crippen molar-refractivity contribution in [2.24, 2.45) is 5.92 Å². The molecule has 1 heterocycles. The summed E-state index contributed by atoms with van der Waals surface area (Å²) in [6.07, 6.45) is -6.75. The van der Waals surface area contributed by atoms with Crippen LogP contribution >= 0.6 is 0 Å². The van der Waals surface area contributed by atoms with Gasteiger partial charge >= 0.3 is 0 Å². The smallest absolute Gasteiger partial charge is 0.245 e. The van der Waals surface area contributed by atoms with Crippen LogP contribution in [0.15, 0.2) is 30.3 Å². The van der Waals surface area contributed by atoms with Crippen LogP contribution in [0.3, 0.4) is 0 Å². The first-order chi connectivity index (χ1) is 9.49. The third-order valence-electron chi connectivity index (χ3n) is 3.44. The molecular weight excluding hydrogens is 270 g/mol. The van der Waals surface area contributed by atoms with E-state index in [1.54, 1.807) is 24.3 Å². The summed E-state index contributed by atoms with van der Waals surface area (Å²) < 4.78 is 25.6. The van der Waals surface area contributed by atoms with E-state index in [1.807, 2.05) is 6.07 Å². The number of alkyl halides is 2. The molecule has 1 saturated heterocycles. The molecule has 112 valence electrons. The highest BCUT2D eigenvalue weighted by Gasteiger charge is 2.41. The standard InChI is InChI=1S/C13H18F2N2O3/c14-12(15)9-6-17(7-10(18)11(9)19)13(20)16-8-4-2-1-3-5-8/h1-5,9-13,16,18-20H,6-7H2. The summed E-state index contributed by atoms with van der Waals surface area (Å²) in [6, 6.07) is 8.80. The number of β-amino-alcohol motifs (C(OH)–C–C–N with tert-alkyl or cyclic N) is 1. The number of rotatable bonds is 4. The van der Waals surface area contributed by atoms with E-state index in [9.17, 15) is 24.1 Å². The van der Waals surface area contributed by atoms with Gasteiger partial charge in [-0.05, 0) is 12.1 Å². The molecule has 0 radical (unpaired) electrons. The number of aliphatic hydroxyl groups excluding tert-OH is 3. The molecule has 0 saturated carbocycles. The largest absolute Gasteiger partial charge is 0.390 e. The minimum atomic E-state index is -2.76. The zero-order valence-corrected chi connectivity index (χ0v) is 10.7. The Morgan fingerprint density at radius 2 is 1.80 bits per heavy atom. The molecule has 4 N–H and O–H groups in total. The lowest BCUT2D eigenvalue weighted by atomic mass is 9.93. The van der Waals surface area contributed by atoms with E-state index >= 15 is 0 Å². The summed E-state index contributed by atoms with van der Waals surface area (Å²) in [6.45, 7) is -0.276. The van der Waals surface area contributed by atoms with Crippen LogP contribution in [0.2, 0.25) is 0 Å². The summed E-state index contributed by atoms with van der Waals surface area (Å²) >= 11 is 0. The fourth-order valence-electron chi connectivity index (χ4n) is 2.29. The number of hydrogen-bond donors (Lipinski definition) is 4. The molecule has 1 aromatic carbocycles. The number of anilines is 1. The van der Waals surface area contributed by atoms with Gasteiger partial charge in [-0.2, -0.15) is 0 Å². The van der Waals surface area contributed by atoms with Gasteiger partial charge in [0.1, 0.15) is 0 Å². The highest BCUT2D eigenvalue weighted by molar-refractivity contribution is 5.42. The second-order valence-corrected chi connectivity index (χ2v) is 4.89. The number of benzene rings is 1. The van der Waals surface area contributed by atoms with E-state index in [1.165, 1.54) is 4.90 Å². The van der Waals surface area contributed by atoms with E-state index in [-0.39, 0.29) is 13.1 Å². The molecule has 1 fully saturated rings. The highest BCUT2D eigenvalue weighted by atomic mass is 19.3. The van der Waals surface area contributed by atoms with Crippen molar-refractivity contribution in [1.82, 2.24) is 4.90 Å². The molecule has 5 nitrogen and oxygen atoms in total. The van der Waals surface area contributed by atoms with Crippen LogP contribution in [0.1, 0.15) is 0 Å². The van der Waals surface area contributed by atoms with Crippen LogP contribution in [0.4, 0.5) is 14.5 Å². The predicted octanol–water partition coefficient (Wildman–Crippen LogP) is 0.293. The molecule has 0 aromatic heterocycles. The summed E-state index contributed by atoms with van der Waals surface area (Å²) in [4.78, 5) is 1.28. The fourth-order valence-corrected chi connectivity index (χ4v) is 2.29. The second kappa shape index (κ2) is 6.45. The van der Waals surface area contributed by atoms with Crippen molar-refractivity contribution >= 4 is 5.69 Å². The average molecular weight is 288 g/mol. The van der Waals surface area contributed by atoms with Crippen molar-refractivity contribution in [1.29, 1.82) is 0 Å². The fraction of sp³-hybridized carbons (Fsp3) is 0.538. The van der Waals surface area contributed by atoms with E-state index < -0.39 is 30.9 Å². The molecule has 7 heteroatoms. The van der Waals surface area contributed by atoms with Gasteiger partial charge in [0, 0.05) is 18.8 Å². The Balaban J connectivity index is 2.01. The summed E-state index contributed by atoms with van der Waals surface area (Å²) in [7, 11) is 0. The van der Waals surface area contributed by atoms with Gasteiger partial charge in [-0.1, -0.05) is 18.2 Å². The van der Waals surface area contributed by atoms with Crippen molar-refractivity contribution in [2.45, 2.75) is 25.0 Å². The molecule has 2 rings (SSSR count). The lowest BCUT2D eigenvalue weighted by Gasteiger charge is -2.41. The molecule has 20 heavy (non-hydrogen) atoms. The van der Waals surface area contributed by atoms with Gasteiger partial charge in [-0.3, -0.25) is 4.90 Å². The van der Waals surface area contributed by atoms with Gasteiger partial charge in [0.2, 0.25) is 6.43 Å². The number of piperidine rings is 1. The zero-order chi connectivity index (χ0) is 14.7. The average Bonchev–Trinajstić information content (AvgIpc) is 2.42. The third kappa shape index (κ3) is 3.43. The van der Waals surface area contributed by atoms with Crippen LogP contribution in [0, 0.1) is 5.92 Å². The number of nitrogens with one attached hydrogen (secondary N) is 1. The van der Waals surface area contributed by atoms with Crippen molar-refractivity contribution in [3.8, 4) is 0 Å². The predicted molar refractivity (Wildman–Crippen MR) is 69.2 cm³/mol. The minimum Gasteiger partial charge on any atom is -0.390 e. The first-order valence-electron chi connectivity index (χ1n) is 6.37. The number of halogens is 2. The Morgan fingerprint density at radius 3 is 2.40 bits per heavy atom. The maximum absolute atomic E-state index is 12.8. The van der Waals surface area contributed by atoms with Crippen molar-refractivity contribution < 1.29 is 24.1 Å². The number of nitrogens with zero attached hydrogens (tertiary/aromatic N) is 1. The topological polar surface area (TPSA) is 76.0 Å². The highest BCUT2D eigenvalue weighted by Crippen LogP contribution is 2.25. The van der Waals surface area contributed by atoms with Gasteiger partial charge in [-0.15, -0.1) is 0 Å². The first kappa shape index (κ1) is 15.1. The van der Waals surface area contributed by atoms with E-state index in [0.29, 0.717) is 5.69 Å². The van der Waals surface area contributed by atoms with Crippen molar-refractivity contribution in [3.05, 3.63) is 30.3 Å². The van der Waals surface area contributed by atoms with Crippen molar-refractivity contribution in [2.75, 3.05) is 18.4 Å². The molecule has 1 aromatic rings. The van der Waals surface area contributed by atoms with Crippen LogP contribution in [-0.2, 0) is 0 Å². The molecular formula is C13H18F2N2O3. The normalized spacial score (nSPS) is 29.4. The first-order valence-corrected chi connectivity index (χ1v) is 6.37. The molecule has 1 aliphatic heterocycles. The Morgan fingerprint density at radius 1 is 1.15 bits per heavy atom. The molecule has 0 bridgehead atoms. The molecule has 1 aliphatic rings. The van der Waals surface area contributed by atoms with E-state index in [2.05, 4.69) is 5.32 Å². The summed E-state index contributed by atoms with van der Waals surface area (Å²) in [5, 5.41) is 31.9. The number of aliphatic hydroxyl groups is 3. The lowest BCUT2D eigenvalue weighted by Crippen LogP contribution is -2.58. The van der Waals surface area contributed by atoms with E-state index in [0.717, 1.165) is 0 Å². The van der Waals surface area contributed by atoms with Gasteiger partial charge in [0.25, 0.3) is 0 Å². The monoisotopic (exact) mass is 288 g/mol. The maximum Gasteiger partial charge on any atom is 0.245 e. The number of para-hydroxylation sites is 1. The molecule has 0 amide bonds. The number of likely N-dealkylation sites (tertiary alicyclic amines) is 1. The summed E-state index contributed by atoms with van der Waals surface area (Å²) in [5.74, 6) is -1.38. The Kier molecular flexibility index (Phi) is 4.87. The zero-order valence-electron chi connectivity index (χ0n) is 10.7. The van der Waals surface area contributed by atoms with Crippen LogP contribution in [0.25, 0.3) is 0 Å². The Labute approximate surface area is 115 Å². The maximum atomic E-state index is 12.8. The van der Waals surface area contributed by atoms with Crippen LogP contribution in [-0.4, -0.2) is 58.3 Å². The van der Waals surface area contributed by atoms with Crippen LogP contribution < -0.4 is 5.32 Å². The van der Waals surface area contributed by atoms with Gasteiger partial charge < -0.3 is 20.6 Å². The molecule has 4 unspecified atom stereocenters. The lowest BCUT2D eigenvalue weighted by molar-refractivity contribution is -0.142. The SMILES string of the molecule is OC1CN(C(O)Nc2ccccc2)CC(C(F)F)C1O. The second-order valence-electron chi connectivity index (χ2n) is 4.89. The molecule has 0 spiro atoms. The Bertz CT molecular complexity index is 421. The van der Waals surface area contributed by atoms with Gasteiger partial charge in [-0.25, -0.2) is 8.78 Å². The minimum absolute atomic E-state index is 0.0780. The molecule has 4 atom stereocenters. The quantitative estimate of drug-likeness (QED) is 0.599. The van der Waals surface area contributed by atoms with Gasteiger partial charge in [0.15, 0.2) is 6.35 Å². The number of hydrogen-bond acceptors (Lipinski definition) is 5. The third-order valence-corrected chi connectivity index (χ3v) is 3.44. The Hall–Kier alpha value is -1.28. The van der Waals surface area contributed by atoms with Crippen molar-refractivity contribution in [3.63, 3.8) is 0 Å². The van der Waals surface area contributed by atoms with Crippen LogP contribution in [0.5, 0.6) is 0 Å². The van der Waals surface area contributed by atoms with Gasteiger partial charge in [0.05, 0.1) is 18.1 Å². The molecule has 0 aliphatic carbocycles.